The first-order valence-corrected chi connectivity index (χ1v) is 21.5. The summed E-state index contributed by atoms with van der Waals surface area (Å²) >= 11 is 0. The number of alkyl halides is 6. The van der Waals surface area contributed by atoms with Gasteiger partial charge in [-0.2, -0.15) is 26.3 Å². The van der Waals surface area contributed by atoms with E-state index in [9.17, 15) is 45.1 Å². The van der Waals surface area contributed by atoms with E-state index in [4.69, 9.17) is 9.47 Å². The molecule has 0 bridgehead atoms. The number of urea groups is 1. The second-order valence-corrected chi connectivity index (χ2v) is 17.2. The molecule has 1 aliphatic carbocycles. The standard InChI is InChI=1S/C48H52F7N5O5/c1-56(21-9-22-57(2)44(63)58(3)39-11-5-4-6-12-39)42(61)30-64-41-28-33-10-7-8-13-40(33)45(41)18-23-59(24-19-45)25-20-46(35-14-16-38(49)17-15-35)31-60(32-65-46)43(62)34-26-36(47(50,51)52)29-37(27-34)48(53,54)55/h4-8,10-17,26-27,29,41H,9,18-25,28,30-32H2,1-3H3/t41-,46?/m0/s1. The molecule has 10 nitrogen and oxygen atoms in total. The molecule has 7 rings (SSSR count). The molecule has 2 heterocycles. The van der Waals surface area contributed by atoms with Crippen LogP contribution < -0.4 is 4.90 Å². The number of hydrogen-bond acceptors (Lipinski definition) is 6. The van der Waals surface area contributed by atoms with Gasteiger partial charge in [0.15, 0.2) is 0 Å². The molecule has 4 aromatic rings. The van der Waals surface area contributed by atoms with E-state index in [-0.39, 0.29) is 49.1 Å². The number of carbonyl (C=O) groups excluding carboxylic acids is 3. The Balaban J connectivity index is 0.976. The van der Waals surface area contributed by atoms with Crippen molar-refractivity contribution in [1.29, 1.82) is 0 Å². The number of para-hydroxylation sites is 1. The third kappa shape index (κ3) is 10.5. The van der Waals surface area contributed by atoms with Crippen molar-refractivity contribution in [2.75, 3.05) is 78.6 Å². The average molecular weight is 912 g/mol. The first-order chi connectivity index (χ1) is 30.8. The zero-order valence-corrected chi connectivity index (χ0v) is 36.4. The van der Waals surface area contributed by atoms with Gasteiger partial charge in [0.05, 0.1) is 23.8 Å². The Bertz CT molecular complexity index is 2290. The molecule has 3 aliphatic rings. The number of amides is 4. The SMILES string of the molecule is CN(CCCN(C)C(=O)N(C)c1ccccc1)C(=O)CO[C@H]1Cc2ccccc2C12CCN(CCC1(c3ccc(F)cc3)CN(C(=O)c3cc(C(F)(F)F)cc(C(F)(F)F)c3)CO1)CC2. The molecule has 0 saturated carbocycles. The topological polar surface area (TPSA) is 85.9 Å². The van der Waals surface area contributed by atoms with Crippen molar-refractivity contribution in [1.82, 2.24) is 19.6 Å². The molecule has 17 heteroatoms. The minimum Gasteiger partial charge on any atom is -0.367 e. The molecule has 1 spiro atoms. The number of likely N-dealkylation sites (tertiary alicyclic amines) is 1. The van der Waals surface area contributed by atoms with E-state index in [0.717, 1.165) is 16.2 Å². The van der Waals surface area contributed by atoms with Crippen LogP contribution in [0.1, 0.15) is 63.9 Å². The van der Waals surface area contributed by atoms with Gasteiger partial charge in [0.2, 0.25) is 5.91 Å². The zero-order chi connectivity index (χ0) is 46.7. The van der Waals surface area contributed by atoms with Crippen LogP contribution in [0.5, 0.6) is 0 Å². The van der Waals surface area contributed by atoms with Gasteiger partial charge < -0.3 is 29.1 Å². The molecule has 0 radical (unpaired) electrons. The Morgan fingerprint density at radius 2 is 1.42 bits per heavy atom. The second kappa shape index (κ2) is 19.1. The van der Waals surface area contributed by atoms with E-state index < -0.39 is 53.1 Å². The average Bonchev–Trinajstić information content (AvgIpc) is 3.86. The number of ether oxygens (including phenoxy) is 2. The van der Waals surface area contributed by atoms with Gasteiger partial charge in [-0.1, -0.05) is 54.6 Å². The summed E-state index contributed by atoms with van der Waals surface area (Å²) in [7, 11) is 5.17. The number of rotatable bonds is 13. The highest BCUT2D eigenvalue weighted by Gasteiger charge is 2.50. The molecule has 0 aromatic heterocycles. The van der Waals surface area contributed by atoms with Crippen molar-refractivity contribution < 1.29 is 54.6 Å². The van der Waals surface area contributed by atoms with Crippen LogP contribution in [-0.2, 0) is 44.1 Å². The zero-order valence-electron chi connectivity index (χ0n) is 36.4. The summed E-state index contributed by atoms with van der Waals surface area (Å²) in [4.78, 5) is 48.1. The van der Waals surface area contributed by atoms with Gasteiger partial charge in [0.1, 0.15) is 24.8 Å². The van der Waals surface area contributed by atoms with E-state index in [0.29, 0.717) is 76.1 Å². The Kier molecular flexibility index (Phi) is 14.0. The smallest absolute Gasteiger partial charge is 0.367 e. The lowest BCUT2D eigenvalue weighted by Crippen LogP contribution is -2.50. The van der Waals surface area contributed by atoms with Crippen molar-refractivity contribution in [3.63, 3.8) is 0 Å². The van der Waals surface area contributed by atoms with Crippen molar-refractivity contribution >= 4 is 23.5 Å². The molecule has 0 N–H and O–H groups in total. The van der Waals surface area contributed by atoms with Crippen LogP contribution in [0.25, 0.3) is 0 Å². The lowest BCUT2D eigenvalue weighted by atomic mass is 9.72. The van der Waals surface area contributed by atoms with Crippen molar-refractivity contribution in [2.45, 2.75) is 61.6 Å². The molecule has 2 fully saturated rings. The fraction of sp³-hybridized carbons (Fsp3) is 0.438. The maximum atomic E-state index is 14.1. The van der Waals surface area contributed by atoms with Crippen LogP contribution in [-0.4, -0.2) is 117 Å². The van der Waals surface area contributed by atoms with Gasteiger partial charge in [-0.3, -0.25) is 14.5 Å². The number of nitrogens with zero attached hydrogens (tertiary/aromatic N) is 5. The van der Waals surface area contributed by atoms with E-state index >= 15 is 0 Å². The van der Waals surface area contributed by atoms with Crippen LogP contribution >= 0.6 is 0 Å². The highest BCUT2D eigenvalue weighted by Crippen LogP contribution is 2.48. The summed E-state index contributed by atoms with van der Waals surface area (Å²) in [6.45, 7) is 1.85. The van der Waals surface area contributed by atoms with Crippen molar-refractivity contribution in [3.05, 3.63) is 136 Å². The van der Waals surface area contributed by atoms with Crippen molar-refractivity contribution in [2.24, 2.45) is 0 Å². The number of benzene rings is 4. The van der Waals surface area contributed by atoms with Crippen LogP contribution in [0.4, 0.5) is 41.2 Å². The van der Waals surface area contributed by atoms with E-state index in [1.54, 1.807) is 35.8 Å². The van der Waals surface area contributed by atoms with Crippen LogP contribution in [0.3, 0.4) is 0 Å². The molecular weight excluding hydrogens is 860 g/mol. The molecule has 4 aromatic carbocycles. The molecule has 4 amide bonds. The van der Waals surface area contributed by atoms with E-state index in [1.807, 2.05) is 42.5 Å². The summed E-state index contributed by atoms with van der Waals surface area (Å²) in [5.41, 5.74) is -1.97. The lowest BCUT2D eigenvalue weighted by Gasteiger charge is -2.44. The van der Waals surface area contributed by atoms with Gasteiger partial charge in [-0.25, -0.2) is 9.18 Å². The largest absolute Gasteiger partial charge is 0.416 e. The van der Waals surface area contributed by atoms with Crippen molar-refractivity contribution in [3.8, 4) is 0 Å². The van der Waals surface area contributed by atoms with Gasteiger partial charge in [-0.05, 0) is 104 Å². The minimum absolute atomic E-state index is 0.0267. The minimum atomic E-state index is -5.13. The fourth-order valence-electron chi connectivity index (χ4n) is 9.36. The molecular formula is C48H52F7N5O5. The van der Waals surface area contributed by atoms with Crippen LogP contribution in [0, 0.1) is 5.82 Å². The molecule has 65 heavy (non-hydrogen) atoms. The number of fused-ring (bicyclic) bond motifs is 2. The molecule has 348 valence electrons. The van der Waals surface area contributed by atoms with Gasteiger partial charge in [0, 0.05) is 57.4 Å². The number of anilines is 1. The molecule has 2 atom stereocenters. The maximum Gasteiger partial charge on any atom is 0.416 e. The molecule has 2 saturated heterocycles. The van der Waals surface area contributed by atoms with Gasteiger partial charge in [0.25, 0.3) is 5.91 Å². The highest BCUT2D eigenvalue weighted by molar-refractivity contribution is 5.95. The Morgan fingerprint density at radius 1 is 0.800 bits per heavy atom. The number of carbonyl (C=O) groups is 3. The highest BCUT2D eigenvalue weighted by atomic mass is 19.4. The summed E-state index contributed by atoms with van der Waals surface area (Å²) < 4.78 is 109. The summed E-state index contributed by atoms with van der Waals surface area (Å²) in [6.07, 6.45) is -7.66. The van der Waals surface area contributed by atoms with Gasteiger partial charge in [-0.15, -0.1) is 0 Å². The summed E-state index contributed by atoms with van der Waals surface area (Å²) in [6, 6.07) is 23.6. The molecule has 1 unspecified atom stereocenters. The predicted molar refractivity (Wildman–Crippen MR) is 228 cm³/mol. The van der Waals surface area contributed by atoms with Crippen LogP contribution in [0.2, 0.25) is 0 Å². The normalized spacial score (nSPS) is 19.6. The summed E-state index contributed by atoms with van der Waals surface area (Å²) in [5.74, 6) is -1.76. The maximum absolute atomic E-state index is 14.1. The number of likely N-dealkylation sites (N-methyl/N-ethyl adjacent to an activating group) is 1. The second-order valence-electron chi connectivity index (χ2n) is 17.2. The predicted octanol–water partition coefficient (Wildman–Crippen LogP) is 8.59. The van der Waals surface area contributed by atoms with Crippen LogP contribution in [0.15, 0.2) is 97.1 Å². The fourth-order valence-corrected chi connectivity index (χ4v) is 9.36. The molecule has 2 aliphatic heterocycles. The lowest BCUT2D eigenvalue weighted by molar-refractivity contribution is -0.143. The summed E-state index contributed by atoms with van der Waals surface area (Å²) in [5, 5.41) is 0. The first-order valence-electron chi connectivity index (χ1n) is 21.5. The third-order valence-corrected chi connectivity index (χ3v) is 13.2. The monoisotopic (exact) mass is 911 g/mol. The number of hydrogen-bond donors (Lipinski definition) is 0. The Hall–Kier alpha value is -5.52. The number of halogens is 7. The quantitative estimate of drug-likeness (QED) is 0.125. The number of piperidine rings is 1. The Labute approximate surface area is 373 Å². The van der Waals surface area contributed by atoms with Gasteiger partial charge >= 0.3 is 18.4 Å². The Morgan fingerprint density at radius 3 is 2.06 bits per heavy atom. The van der Waals surface area contributed by atoms with E-state index in [2.05, 4.69) is 17.0 Å². The van der Waals surface area contributed by atoms with E-state index in [1.165, 1.54) is 29.8 Å². The first kappa shape index (κ1) is 47.4. The third-order valence-electron chi connectivity index (χ3n) is 13.2.